The largest absolute Gasteiger partial charge is 0.481 e. The van der Waals surface area contributed by atoms with E-state index < -0.39 is 11.9 Å². The van der Waals surface area contributed by atoms with E-state index in [1.165, 1.54) is 25.7 Å². The van der Waals surface area contributed by atoms with E-state index in [4.69, 9.17) is 5.11 Å². The minimum Gasteiger partial charge on any atom is -0.481 e. The van der Waals surface area contributed by atoms with Crippen molar-refractivity contribution in [1.82, 2.24) is 5.32 Å². The van der Waals surface area contributed by atoms with Crippen LogP contribution < -0.4 is 5.32 Å². The number of carboxylic acids is 1. The first-order chi connectivity index (χ1) is 8.33. The second-order valence-electron chi connectivity index (χ2n) is 6.19. The van der Waals surface area contributed by atoms with E-state index in [1.807, 2.05) is 0 Å². The van der Waals surface area contributed by atoms with Crippen LogP contribution in [0.2, 0.25) is 0 Å². The van der Waals surface area contributed by atoms with Crippen LogP contribution in [-0.4, -0.2) is 23.5 Å². The van der Waals surface area contributed by atoms with E-state index in [-0.39, 0.29) is 17.7 Å². The molecule has 0 saturated heterocycles. The maximum Gasteiger partial charge on any atom is 0.306 e. The van der Waals surface area contributed by atoms with Crippen LogP contribution in [0.25, 0.3) is 0 Å². The van der Waals surface area contributed by atoms with Gasteiger partial charge in [0.2, 0.25) is 5.91 Å². The second kappa shape index (κ2) is 6.21. The van der Waals surface area contributed by atoms with Crippen molar-refractivity contribution in [2.45, 2.75) is 52.9 Å². The minimum atomic E-state index is -0.916. The van der Waals surface area contributed by atoms with E-state index in [1.54, 1.807) is 6.92 Å². The summed E-state index contributed by atoms with van der Waals surface area (Å²) in [7, 11) is 0. The monoisotopic (exact) mass is 255 g/mol. The Morgan fingerprint density at radius 1 is 1.33 bits per heavy atom. The molecule has 1 saturated carbocycles. The van der Waals surface area contributed by atoms with Gasteiger partial charge in [-0.3, -0.25) is 9.59 Å². The fraction of sp³-hybridized carbons (Fsp3) is 0.857. The van der Waals surface area contributed by atoms with Gasteiger partial charge in [-0.1, -0.05) is 33.6 Å². The van der Waals surface area contributed by atoms with Gasteiger partial charge < -0.3 is 10.4 Å². The normalized spacial score (nSPS) is 18.6. The molecule has 2 N–H and O–H groups in total. The summed E-state index contributed by atoms with van der Waals surface area (Å²) in [5, 5.41) is 11.6. The molecule has 4 heteroatoms. The lowest BCUT2D eigenvalue weighted by atomic mass is 9.77. The summed E-state index contributed by atoms with van der Waals surface area (Å²) >= 11 is 0. The molecule has 104 valence electrons. The summed E-state index contributed by atoms with van der Waals surface area (Å²) in [5.41, 5.74) is 0.110. The molecule has 1 aliphatic carbocycles. The third-order valence-electron chi connectivity index (χ3n) is 4.11. The molecule has 0 aliphatic heterocycles. The van der Waals surface area contributed by atoms with Gasteiger partial charge in [-0.15, -0.1) is 0 Å². The Morgan fingerprint density at radius 3 is 2.39 bits per heavy atom. The van der Waals surface area contributed by atoms with Gasteiger partial charge in [0, 0.05) is 13.0 Å². The summed E-state index contributed by atoms with van der Waals surface area (Å²) in [4.78, 5) is 22.3. The topological polar surface area (TPSA) is 66.4 Å². The molecule has 1 rings (SSSR count). The van der Waals surface area contributed by atoms with Crippen LogP contribution in [0.5, 0.6) is 0 Å². The molecule has 1 fully saturated rings. The van der Waals surface area contributed by atoms with Crippen molar-refractivity contribution in [2.24, 2.45) is 17.3 Å². The fourth-order valence-corrected chi connectivity index (χ4v) is 2.62. The number of rotatable bonds is 6. The van der Waals surface area contributed by atoms with Gasteiger partial charge in [0.05, 0.1) is 5.92 Å². The van der Waals surface area contributed by atoms with Gasteiger partial charge in [-0.05, 0) is 24.2 Å². The molecule has 0 aromatic rings. The Labute approximate surface area is 109 Å². The number of nitrogens with one attached hydrogen (secondary N) is 1. The molecule has 0 bridgehead atoms. The van der Waals surface area contributed by atoms with Crippen LogP contribution in [0, 0.1) is 17.3 Å². The highest BCUT2D eigenvalue weighted by molar-refractivity contribution is 5.81. The lowest BCUT2D eigenvalue weighted by molar-refractivity contribution is -0.143. The summed E-state index contributed by atoms with van der Waals surface area (Å²) in [6, 6.07) is 0. The van der Waals surface area contributed by atoms with Crippen molar-refractivity contribution in [3.63, 3.8) is 0 Å². The zero-order valence-corrected chi connectivity index (χ0v) is 11.7. The smallest absolute Gasteiger partial charge is 0.306 e. The average Bonchev–Trinajstić information content (AvgIpc) is 2.80. The number of hydrogen-bond donors (Lipinski definition) is 2. The molecule has 1 atom stereocenters. The number of carbonyl (C=O) groups is 2. The molecule has 18 heavy (non-hydrogen) atoms. The Morgan fingerprint density at radius 2 is 1.89 bits per heavy atom. The first kappa shape index (κ1) is 15.0. The summed E-state index contributed by atoms with van der Waals surface area (Å²) in [6.45, 7) is 6.57. The van der Waals surface area contributed by atoms with Crippen LogP contribution in [0.4, 0.5) is 0 Å². The van der Waals surface area contributed by atoms with Gasteiger partial charge in [-0.2, -0.15) is 0 Å². The quantitative estimate of drug-likeness (QED) is 0.766. The molecular formula is C14H25NO3. The number of aliphatic carboxylic acids is 1. The highest BCUT2D eigenvalue weighted by Crippen LogP contribution is 2.38. The maximum absolute atomic E-state index is 11.6. The van der Waals surface area contributed by atoms with E-state index in [9.17, 15) is 9.59 Å². The highest BCUT2D eigenvalue weighted by atomic mass is 16.4. The van der Waals surface area contributed by atoms with Gasteiger partial charge in [0.15, 0.2) is 0 Å². The van der Waals surface area contributed by atoms with Crippen LogP contribution in [0.1, 0.15) is 52.9 Å². The zero-order valence-electron chi connectivity index (χ0n) is 11.7. The molecular weight excluding hydrogens is 230 g/mol. The first-order valence-electron chi connectivity index (χ1n) is 6.82. The van der Waals surface area contributed by atoms with Crippen molar-refractivity contribution in [3.05, 3.63) is 0 Å². The van der Waals surface area contributed by atoms with Crippen LogP contribution >= 0.6 is 0 Å². The van der Waals surface area contributed by atoms with Crippen molar-refractivity contribution in [2.75, 3.05) is 6.54 Å². The molecule has 0 radical (unpaired) electrons. The summed E-state index contributed by atoms with van der Waals surface area (Å²) < 4.78 is 0. The van der Waals surface area contributed by atoms with Crippen molar-refractivity contribution in [1.29, 1.82) is 0 Å². The third kappa shape index (κ3) is 4.31. The Bertz CT molecular complexity index is 306. The number of carbonyl (C=O) groups excluding carboxylic acids is 1. The Hall–Kier alpha value is -1.06. The van der Waals surface area contributed by atoms with Gasteiger partial charge >= 0.3 is 5.97 Å². The predicted molar refractivity (Wildman–Crippen MR) is 70.2 cm³/mol. The maximum atomic E-state index is 11.6. The van der Waals surface area contributed by atoms with Crippen molar-refractivity contribution in [3.8, 4) is 0 Å². The van der Waals surface area contributed by atoms with Gasteiger partial charge in [-0.25, -0.2) is 0 Å². The molecule has 1 unspecified atom stereocenters. The Kier molecular flexibility index (Phi) is 5.17. The van der Waals surface area contributed by atoms with Crippen molar-refractivity contribution >= 4 is 11.9 Å². The number of hydrogen-bond acceptors (Lipinski definition) is 2. The summed E-state index contributed by atoms with van der Waals surface area (Å²) in [5.74, 6) is -1.01. The zero-order chi connectivity index (χ0) is 13.8. The summed E-state index contributed by atoms with van der Waals surface area (Å²) in [6.07, 6.45) is 5.13. The number of carboxylic acid groups (broad SMARTS) is 1. The lowest BCUT2D eigenvalue weighted by Gasteiger charge is -2.31. The average molecular weight is 255 g/mol. The third-order valence-corrected chi connectivity index (χ3v) is 4.11. The molecule has 4 nitrogen and oxygen atoms in total. The van der Waals surface area contributed by atoms with Gasteiger partial charge in [0.25, 0.3) is 0 Å². The van der Waals surface area contributed by atoms with Crippen LogP contribution in [-0.2, 0) is 9.59 Å². The molecule has 1 aliphatic rings. The van der Waals surface area contributed by atoms with Crippen molar-refractivity contribution < 1.29 is 14.7 Å². The second-order valence-corrected chi connectivity index (χ2v) is 6.19. The van der Waals surface area contributed by atoms with E-state index >= 15 is 0 Å². The van der Waals surface area contributed by atoms with E-state index in [2.05, 4.69) is 19.2 Å². The van der Waals surface area contributed by atoms with E-state index in [0.717, 1.165) is 0 Å². The van der Waals surface area contributed by atoms with Crippen LogP contribution in [0.3, 0.4) is 0 Å². The highest BCUT2D eigenvalue weighted by Gasteiger charge is 2.32. The molecule has 0 spiro atoms. The molecule has 0 aromatic heterocycles. The first-order valence-corrected chi connectivity index (χ1v) is 6.82. The lowest BCUT2D eigenvalue weighted by Crippen LogP contribution is -2.38. The molecule has 0 heterocycles. The van der Waals surface area contributed by atoms with E-state index in [0.29, 0.717) is 12.5 Å². The van der Waals surface area contributed by atoms with Gasteiger partial charge in [0.1, 0.15) is 0 Å². The predicted octanol–water partition coefficient (Wildman–Crippen LogP) is 2.43. The Balaban J connectivity index is 2.34. The molecule has 1 amide bonds. The van der Waals surface area contributed by atoms with Crippen LogP contribution in [0.15, 0.2) is 0 Å². The standard InChI is InChI=1S/C14H25NO3/c1-10(13(17)18)8-12(16)15-9-14(2,3)11-6-4-5-7-11/h10-11H,4-9H2,1-3H3,(H,15,16)(H,17,18). The fourth-order valence-electron chi connectivity index (χ4n) is 2.62. The minimum absolute atomic E-state index is 0.0656. The SMILES string of the molecule is CC(CC(=O)NCC(C)(C)C1CCCC1)C(=O)O. The molecule has 0 aromatic carbocycles. The number of amides is 1.